The fourth-order valence-electron chi connectivity index (χ4n) is 3.59. The highest BCUT2D eigenvalue weighted by Gasteiger charge is 2.18. The number of benzene rings is 2. The van der Waals surface area contributed by atoms with Crippen LogP contribution in [-0.2, 0) is 6.42 Å². The number of hydrogen-bond acceptors (Lipinski definition) is 5. The SMILES string of the molecule is C.N=C(c1ccc(C(=O)Cc2ccccc2C(=O)Nc2ccc(Cl)cn2)cc1)N1CCSCC1. The summed E-state index contributed by atoms with van der Waals surface area (Å²) in [6.45, 7) is 1.74. The van der Waals surface area contributed by atoms with Crippen molar-refractivity contribution in [1.82, 2.24) is 9.88 Å². The molecule has 176 valence electrons. The molecule has 0 spiro atoms. The lowest BCUT2D eigenvalue weighted by Crippen LogP contribution is -2.37. The maximum atomic E-state index is 12.9. The Balaban J connectivity index is 0.00000324. The predicted octanol–water partition coefficient (Wildman–Crippen LogP) is 5.42. The molecule has 1 aliphatic rings. The largest absolute Gasteiger partial charge is 0.355 e. The lowest BCUT2D eigenvalue weighted by atomic mass is 9.97. The highest BCUT2D eigenvalue weighted by Crippen LogP contribution is 2.18. The summed E-state index contributed by atoms with van der Waals surface area (Å²) in [6.07, 6.45) is 1.55. The number of amidine groups is 1. The molecule has 1 amide bonds. The van der Waals surface area contributed by atoms with Gasteiger partial charge in [-0.1, -0.05) is 61.5 Å². The van der Waals surface area contributed by atoms with E-state index in [9.17, 15) is 9.59 Å². The smallest absolute Gasteiger partial charge is 0.257 e. The van der Waals surface area contributed by atoms with Crippen LogP contribution >= 0.6 is 23.4 Å². The van der Waals surface area contributed by atoms with Crippen LogP contribution in [0.2, 0.25) is 5.02 Å². The number of nitrogens with zero attached hydrogens (tertiary/aromatic N) is 2. The molecule has 1 fully saturated rings. The molecule has 1 saturated heterocycles. The third-order valence-corrected chi connectivity index (χ3v) is 6.56. The van der Waals surface area contributed by atoms with Crippen LogP contribution in [0.25, 0.3) is 0 Å². The van der Waals surface area contributed by atoms with Crippen molar-refractivity contribution in [2.24, 2.45) is 0 Å². The lowest BCUT2D eigenvalue weighted by molar-refractivity contribution is 0.0992. The molecule has 0 atom stereocenters. The third kappa shape index (κ3) is 6.24. The van der Waals surface area contributed by atoms with E-state index < -0.39 is 0 Å². The van der Waals surface area contributed by atoms with Crippen LogP contribution in [-0.4, -0.2) is 52.0 Å². The van der Waals surface area contributed by atoms with Gasteiger partial charge in [0.15, 0.2) is 5.78 Å². The minimum atomic E-state index is -0.336. The van der Waals surface area contributed by atoms with Crippen molar-refractivity contribution >= 4 is 46.7 Å². The maximum absolute atomic E-state index is 12.9. The summed E-state index contributed by atoms with van der Waals surface area (Å²) in [7, 11) is 0. The zero-order chi connectivity index (χ0) is 23.2. The number of ketones is 1. The Labute approximate surface area is 209 Å². The molecular weight excluding hydrogens is 468 g/mol. The predicted molar refractivity (Wildman–Crippen MR) is 141 cm³/mol. The van der Waals surface area contributed by atoms with Crippen LogP contribution in [0.5, 0.6) is 0 Å². The second kappa shape index (κ2) is 11.8. The van der Waals surface area contributed by atoms with Gasteiger partial charge in [-0.25, -0.2) is 4.98 Å². The Kier molecular flexibility index (Phi) is 8.85. The zero-order valence-electron chi connectivity index (χ0n) is 17.9. The van der Waals surface area contributed by atoms with Gasteiger partial charge < -0.3 is 10.2 Å². The average Bonchev–Trinajstić information content (AvgIpc) is 2.86. The van der Waals surface area contributed by atoms with Gasteiger partial charge in [-0.2, -0.15) is 11.8 Å². The first-order chi connectivity index (χ1) is 16.0. The summed E-state index contributed by atoms with van der Waals surface area (Å²) < 4.78 is 0. The van der Waals surface area contributed by atoms with Crippen LogP contribution in [0.15, 0.2) is 66.9 Å². The van der Waals surface area contributed by atoms with Crippen molar-refractivity contribution in [1.29, 1.82) is 5.41 Å². The lowest BCUT2D eigenvalue weighted by Gasteiger charge is -2.28. The van der Waals surface area contributed by atoms with Gasteiger partial charge in [0.05, 0.1) is 5.02 Å². The first kappa shape index (κ1) is 25.5. The van der Waals surface area contributed by atoms with Gasteiger partial charge in [-0.05, 0) is 23.8 Å². The molecule has 34 heavy (non-hydrogen) atoms. The van der Waals surface area contributed by atoms with Gasteiger partial charge in [0.2, 0.25) is 0 Å². The molecule has 0 saturated carbocycles. The van der Waals surface area contributed by atoms with Crippen molar-refractivity contribution in [2.75, 3.05) is 29.9 Å². The quantitative estimate of drug-likeness (QED) is 0.271. The summed E-state index contributed by atoms with van der Waals surface area (Å²) in [5, 5.41) is 11.7. The minimum Gasteiger partial charge on any atom is -0.355 e. The second-order valence-corrected chi connectivity index (χ2v) is 9.26. The van der Waals surface area contributed by atoms with Crippen LogP contribution < -0.4 is 5.32 Å². The molecule has 0 unspecified atom stereocenters. The van der Waals surface area contributed by atoms with Crippen molar-refractivity contribution in [2.45, 2.75) is 13.8 Å². The Morgan fingerprint density at radius 3 is 2.35 bits per heavy atom. The topological polar surface area (TPSA) is 86.1 Å². The van der Waals surface area contributed by atoms with Crippen LogP contribution in [0.1, 0.15) is 39.3 Å². The molecular formula is C26H27ClN4O2S. The Hall–Kier alpha value is -3.16. The summed E-state index contributed by atoms with van der Waals surface area (Å²) in [4.78, 5) is 31.9. The molecule has 1 aliphatic heterocycles. The van der Waals surface area contributed by atoms with Crippen molar-refractivity contribution in [3.05, 3.63) is 94.1 Å². The highest BCUT2D eigenvalue weighted by molar-refractivity contribution is 7.99. The van der Waals surface area contributed by atoms with Gasteiger partial charge in [0.1, 0.15) is 11.7 Å². The molecule has 2 N–H and O–H groups in total. The molecule has 0 aliphatic carbocycles. The Morgan fingerprint density at radius 2 is 1.68 bits per heavy atom. The van der Waals surface area contributed by atoms with Gasteiger partial charge in [0, 0.05) is 53.9 Å². The van der Waals surface area contributed by atoms with E-state index in [0.29, 0.717) is 33.4 Å². The number of pyridine rings is 1. The standard InChI is InChI=1S/C25H23ClN4O2S.CH4/c26-20-9-10-23(28-16-20)29-25(32)21-4-2-1-3-19(21)15-22(31)17-5-7-18(8-6-17)24(27)30-11-13-33-14-12-30;/h1-10,16,27H,11-15H2,(H,28,29,32);1H4. The number of Topliss-reactive ketones (excluding diaryl/α,β-unsaturated/α-hetero) is 1. The van der Waals surface area contributed by atoms with Gasteiger partial charge in [0.25, 0.3) is 5.91 Å². The monoisotopic (exact) mass is 494 g/mol. The second-order valence-electron chi connectivity index (χ2n) is 7.60. The van der Waals surface area contributed by atoms with Crippen LogP contribution in [0.4, 0.5) is 5.82 Å². The minimum absolute atomic E-state index is 0. The number of aromatic nitrogens is 1. The molecule has 2 heterocycles. The number of thioether (sulfide) groups is 1. The van der Waals surface area contributed by atoms with E-state index in [1.54, 1.807) is 48.5 Å². The van der Waals surface area contributed by atoms with E-state index >= 15 is 0 Å². The van der Waals surface area contributed by atoms with E-state index in [0.717, 1.165) is 30.2 Å². The summed E-state index contributed by atoms with van der Waals surface area (Å²) >= 11 is 7.75. The van der Waals surface area contributed by atoms with Gasteiger partial charge >= 0.3 is 0 Å². The van der Waals surface area contributed by atoms with E-state index in [1.807, 2.05) is 23.9 Å². The number of nitrogens with one attached hydrogen (secondary N) is 2. The number of carbonyl (C=O) groups excluding carboxylic acids is 2. The van der Waals surface area contributed by atoms with Gasteiger partial charge in [-0.15, -0.1) is 0 Å². The number of amides is 1. The molecule has 8 heteroatoms. The van der Waals surface area contributed by atoms with E-state index in [4.69, 9.17) is 17.0 Å². The normalized spacial score (nSPS) is 13.0. The van der Waals surface area contributed by atoms with Crippen molar-refractivity contribution in [3.63, 3.8) is 0 Å². The number of carbonyl (C=O) groups is 2. The summed E-state index contributed by atoms with van der Waals surface area (Å²) in [5.74, 6) is 2.51. The third-order valence-electron chi connectivity index (χ3n) is 5.39. The van der Waals surface area contributed by atoms with Crippen molar-refractivity contribution < 1.29 is 9.59 Å². The summed E-state index contributed by atoms with van der Waals surface area (Å²) in [5.41, 5.74) is 2.41. The number of hydrogen-bond donors (Lipinski definition) is 2. The molecule has 0 radical (unpaired) electrons. The first-order valence-electron chi connectivity index (χ1n) is 10.6. The fraction of sp³-hybridized carbons (Fsp3) is 0.231. The fourth-order valence-corrected chi connectivity index (χ4v) is 4.60. The van der Waals surface area contributed by atoms with Crippen LogP contribution in [0.3, 0.4) is 0 Å². The average molecular weight is 495 g/mol. The molecule has 6 nitrogen and oxygen atoms in total. The molecule has 3 aromatic rings. The van der Waals surface area contributed by atoms with Crippen molar-refractivity contribution in [3.8, 4) is 0 Å². The first-order valence-corrected chi connectivity index (χ1v) is 12.1. The number of rotatable bonds is 6. The van der Waals surface area contributed by atoms with E-state index in [1.165, 1.54) is 6.20 Å². The number of anilines is 1. The molecule has 0 bridgehead atoms. The van der Waals surface area contributed by atoms with Gasteiger partial charge in [-0.3, -0.25) is 15.0 Å². The summed E-state index contributed by atoms with van der Waals surface area (Å²) in [6, 6.07) is 17.5. The molecule has 2 aromatic carbocycles. The maximum Gasteiger partial charge on any atom is 0.257 e. The molecule has 1 aromatic heterocycles. The number of halogens is 1. The van der Waals surface area contributed by atoms with E-state index in [-0.39, 0.29) is 25.5 Å². The van der Waals surface area contributed by atoms with Crippen LogP contribution in [0, 0.1) is 5.41 Å². The Morgan fingerprint density at radius 1 is 1.00 bits per heavy atom. The van der Waals surface area contributed by atoms with E-state index in [2.05, 4.69) is 15.2 Å². The zero-order valence-corrected chi connectivity index (χ0v) is 19.5. The highest BCUT2D eigenvalue weighted by atomic mass is 35.5. The molecule has 4 rings (SSSR count). The Bertz CT molecular complexity index is 1160.